The molecule has 0 saturated carbocycles. The number of hydrogen-bond acceptors (Lipinski definition) is 8. The maximum absolute atomic E-state index is 12.6. The van der Waals surface area contributed by atoms with Crippen molar-refractivity contribution in [3.05, 3.63) is 102 Å². The molecule has 1 aliphatic rings. The molecule has 3 aromatic rings. The van der Waals surface area contributed by atoms with Gasteiger partial charge in [-0.2, -0.15) is 0 Å². The summed E-state index contributed by atoms with van der Waals surface area (Å²) >= 11 is 2.01. The zero-order valence-corrected chi connectivity index (χ0v) is 20.6. The molecular weight excluding hydrogens is 567 g/mol. The monoisotopic (exact) mass is 584 g/mol. The van der Waals surface area contributed by atoms with Crippen molar-refractivity contribution in [1.82, 2.24) is 0 Å². The molecule has 0 aromatic heterocycles. The van der Waals surface area contributed by atoms with Gasteiger partial charge in [-0.25, -0.2) is 14.6 Å². The van der Waals surface area contributed by atoms with Crippen molar-refractivity contribution >= 4 is 52.2 Å². The van der Waals surface area contributed by atoms with Gasteiger partial charge in [0.2, 0.25) is 5.90 Å². The molecule has 3 aromatic carbocycles. The molecule has 0 spiro atoms. The SMILES string of the molecule is COc1cc(/C=C2\N=C(c3ccc([N+](=O)[O-])cc3)OC2=O)cc(I)c1OC(=O)c1ccc(C)cc1. The molecule has 0 saturated heterocycles. The fraction of sp³-hybridized carbons (Fsp3) is 0.0800. The highest BCUT2D eigenvalue weighted by molar-refractivity contribution is 14.1. The molecule has 1 aliphatic heterocycles. The predicted octanol–water partition coefficient (Wildman–Crippen LogP) is 5.08. The minimum atomic E-state index is -0.665. The minimum absolute atomic E-state index is 0.0422. The number of carbonyl (C=O) groups is 2. The molecule has 0 amide bonds. The highest BCUT2D eigenvalue weighted by atomic mass is 127. The number of cyclic esters (lactones) is 1. The lowest BCUT2D eigenvalue weighted by molar-refractivity contribution is -0.384. The number of nitro benzene ring substituents is 1. The van der Waals surface area contributed by atoms with Gasteiger partial charge in [0, 0.05) is 17.7 Å². The highest BCUT2D eigenvalue weighted by Crippen LogP contribution is 2.35. The summed E-state index contributed by atoms with van der Waals surface area (Å²) < 4.78 is 16.8. The second-order valence-electron chi connectivity index (χ2n) is 7.43. The van der Waals surface area contributed by atoms with Gasteiger partial charge in [0.05, 0.1) is 21.2 Å². The van der Waals surface area contributed by atoms with Gasteiger partial charge in [-0.3, -0.25) is 10.1 Å². The third kappa shape index (κ3) is 5.38. The first-order chi connectivity index (χ1) is 16.7. The number of rotatable bonds is 6. The number of carbonyl (C=O) groups excluding carboxylic acids is 2. The van der Waals surface area contributed by atoms with Crippen LogP contribution in [0.15, 0.2) is 71.4 Å². The molecule has 0 aliphatic carbocycles. The maximum Gasteiger partial charge on any atom is 0.363 e. The average Bonchev–Trinajstić information content (AvgIpc) is 3.20. The van der Waals surface area contributed by atoms with E-state index in [0.717, 1.165) is 5.56 Å². The molecule has 176 valence electrons. The van der Waals surface area contributed by atoms with E-state index in [2.05, 4.69) is 4.99 Å². The third-order valence-corrected chi connectivity index (χ3v) is 5.78. The van der Waals surface area contributed by atoms with E-state index in [4.69, 9.17) is 14.2 Å². The molecule has 0 unspecified atom stereocenters. The number of halogens is 1. The van der Waals surface area contributed by atoms with Crippen LogP contribution >= 0.6 is 22.6 Å². The van der Waals surface area contributed by atoms with E-state index in [1.807, 2.05) is 41.6 Å². The van der Waals surface area contributed by atoms with E-state index in [0.29, 0.717) is 26.0 Å². The van der Waals surface area contributed by atoms with Crippen LogP contribution in [-0.2, 0) is 9.53 Å². The summed E-state index contributed by atoms with van der Waals surface area (Å²) in [6.45, 7) is 1.92. The van der Waals surface area contributed by atoms with Crippen LogP contribution in [0.5, 0.6) is 11.5 Å². The number of aryl methyl sites for hydroxylation is 1. The Labute approximate surface area is 213 Å². The number of nitrogens with zero attached hydrogens (tertiary/aromatic N) is 2. The van der Waals surface area contributed by atoms with Crippen molar-refractivity contribution in [3.8, 4) is 11.5 Å². The molecule has 9 nitrogen and oxygen atoms in total. The lowest BCUT2D eigenvalue weighted by Crippen LogP contribution is -2.10. The predicted molar refractivity (Wildman–Crippen MR) is 136 cm³/mol. The van der Waals surface area contributed by atoms with E-state index in [1.165, 1.54) is 37.5 Å². The van der Waals surface area contributed by atoms with E-state index in [1.54, 1.807) is 24.3 Å². The number of benzene rings is 3. The van der Waals surface area contributed by atoms with Crippen LogP contribution < -0.4 is 9.47 Å². The van der Waals surface area contributed by atoms with Crippen LogP contribution in [-0.4, -0.2) is 29.9 Å². The number of hydrogen-bond donors (Lipinski definition) is 0. The van der Waals surface area contributed by atoms with Gasteiger partial charge in [0.1, 0.15) is 0 Å². The topological polar surface area (TPSA) is 117 Å². The van der Waals surface area contributed by atoms with Crippen molar-refractivity contribution in [1.29, 1.82) is 0 Å². The first-order valence-electron chi connectivity index (χ1n) is 10.2. The Kier molecular flexibility index (Phi) is 6.92. The number of non-ortho nitro benzene ring substituents is 1. The molecule has 10 heteroatoms. The second kappa shape index (κ2) is 10.1. The van der Waals surface area contributed by atoms with Crippen LogP contribution in [0.3, 0.4) is 0 Å². The molecule has 0 fully saturated rings. The molecule has 0 radical (unpaired) electrons. The number of aliphatic imine (C=N–C) groups is 1. The lowest BCUT2D eigenvalue weighted by atomic mass is 10.1. The number of methoxy groups -OCH3 is 1. The Morgan fingerprint density at radius 3 is 2.43 bits per heavy atom. The van der Waals surface area contributed by atoms with Crippen molar-refractivity contribution in [2.75, 3.05) is 7.11 Å². The summed E-state index contributed by atoms with van der Waals surface area (Å²) in [7, 11) is 1.44. The zero-order valence-electron chi connectivity index (χ0n) is 18.5. The second-order valence-corrected chi connectivity index (χ2v) is 8.59. The Morgan fingerprint density at radius 2 is 1.80 bits per heavy atom. The summed E-state index contributed by atoms with van der Waals surface area (Å²) in [5.74, 6) is -0.590. The molecule has 0 N–H and O–H groups in total. The van der Waals surface area contributed by atoms with Crippen LogP contribution in [0.1, 0.15) is 27.0 Å². The van der Waals surface area contributed by atoms with Crippen LogP contribution in [0, 0.1) is 20.6 Å². The number of ether oxygens (including phenoxy) is 3. The number of esters is 2. The quantitative estimate of drug-likeness (QED) is 0.0991. The van der Waals surface area contributed by atoms with Gasteiger partial charge in [0.25, 0.3) is 5.69 Å². The van der Waals surface area contributed by atoms with Gasteiger partial charge in [-0.15, -0.1) is 0 Å². The van der Waals surface area contributed by atoms with Gasteiger partial charge >= 0.3 is 11.9 Å². The third-order valence-electron chi connectivity index (χ3n) is 4.98. The Balaban J connectivity index is 1.60. The molecule has 35 heavy (non-hydrogen) atoms. The molecular formula is C25H17IN2O7. The van der Waals surface area contributed by atoms with E-state index < -0.39 is 16.9 Å². The standard InChI is InChI=1S/C25H17IN2O7/c1-14-3-5-17(6-4-14)24(29)34-22-19(26)11-15(13-21(22)33-2)12-20-25(30)35-23(27-20)16-7-9-18(10-8-16)28(31)32/h3-13H,1-2H3/b20-12-. The van der Waals surface area contributed by atoms with Gasteiger partial charge < -0.3 is 14.2 Å². The molecule has 0 atom stereocenters. The summed E-state index contributed by atoms with van der Waals surface area (Å²) in [5, 5.41) is 10.8. The summed E-state index contributed by atoms with van der Waals surface area (Å²) in [6.07, 6.45) is 1.51. The van der Waals surface area contributed by atoms with E-state index >= 15 is 0 Å². The maximum atomic E-state index is 12.6. The normalized spacial score (nSPS) is 13.9. The Bertz CT molecular complexity index is 1390. The first-order valence-corrected chi connectivity index (χ1v) is 11.3. The van der Waals surface area contributed by atoms with Crippen molar-refractivity contribution < 1.29 is 28.7 Å². The van der Waals surface area contributed by atoms with E-state index in [-0.39, 0.29) is 23.0 Å². The van der Waals surface area contributed by atoms with E-state index in [9.17, 15) is 19.7 Å². The fourth-order valence-corrected chi connectivity index (χ4v) is 3.92. The largest absolute Gasteiger partial charge is 0.493 e. The van der Waals surface area contributed by atoms with Gasteiger partial charge in [-0.1, -0.05) is 17.7 Å². The van der Waals surface area contributed by atoms with Crippen LogP contribution in [0.2, 0.25) is 0 Å². The minimum Gasteiger partial charge on any atom is -0.493 e. The summed E-state index contributed by atoms with van der Waals surface area (Å²) in [6, 6.07) is 15.8. The summed E-state index contributed by atoms with van der Waals surface area (Å²) in [4.78, 5) is 39.5. The highest BCUT2D eigenvalue weighted by Gasteiger charge is 2.25. The van der Waals surface area contributed by atoms with Crippen molar-refractivity contribution in [3.63, 3.8) is 0 Å². The zero-order chi connectivity index (χ0) is 25.1. The molecule has 4 rings (SSSR count). The smallest absolute Gasteiger partial charge is 0.363 e. The van der Waals surface area contributed by atoms with Gasteiger partial charge in [-0.05, 0) is 77.6 Å². The molecule has 1 heterocycles. The van der Waals surface area contributed by atoms with Crippen molar-refractivity contribution in [2.45, 2.75) is 6.92 Å². The van der Waals surface area contributed by atoms with Crippen LogP contribution in [0.25, 0.3) is 6.08 Å². The van der Waals surface area contributed by atoms with Crippen LogP contribution in [0.4, 0.5) is 5.69 Å². The first kappa shape index (κ1) is 24.1. The van der Waals surface area contributed by atoms with Gasteiger partial charge in [0.15, 0.2) is 17.2 Å². The Hall–Kier alpha value is -4.06. The fourth-order valence-electron chi connectivity index (χ4n) is 3.18. The van der Waals surface area contributed by atoms with Crippen molar-refractivity contribution in [2.24, 2.45) is 4.99 Å². The lowest BCUT2D eigenvalue weighted by Gasteiger charge is -2.12. The summed E-state index contributed by atoms with van der Waals surface area (Å²) in [5.41, 5.74) is 2.39. The average molecular weight is 584 g/mol. The molecule has 0 bridgehead atoms. The Morgan fingerprint density at radius 1 is 1.11 bits per heavy atom. The number of nitro groups is 1.